The summed E-state index contributed by atoms with van der Waals surface area (Å²) in [6.07, 6.45) is 2.12. The summed E-state index contributed by atoms with van der Waals surface area (Å²) in [5.74, 6) is 0. The van der Waals surface area contributed by atoms with Crippen LogP contribution in [0.1, 0.15) is 40.5 Å². The molecule has 0 fully saturated rings. The molecule has 92 valence electrons. The second-order valence-corrected chi connectivity index (χ2v) is 2.42. The molecule has 0 atom stereocenters. The molecule has 0 heterocycles. The summed E-state index contributed by atoms with van der Waals surface area (Å²) in [6.45, 7) is 9.28. The molecule has 1 N–H and O–H groups in total. The molecule has 0 aromatic rings. The van der Waals surface area contributed by atoms with E-state index < -0.39 is 0 Å². The Kier molecular flexibility index (Phi) is 88.6. The molecule has 0 aliphatic heterocycles. The molecule has 0 saturated heterocycles. The van der Waals surface area contributed by atoms with Gasteiger partial charge in [-0.15, -0.1) is 0 Å². The van der Waals surface area contributed by atoms with Crippen molar-refractivity contribution < 1.29 is 14.6 Å². The van der Waals surface area contributed by atoms with E-state index in [9.17, 15) is 0 Å². The van der Waals surface area contributed by atoms with Crippen molar-refractivity contribution in [3.8, 4) is 0 Å². The number of hydrogen-bond acceptors (Lipinski definition) is 3. The van der Waals surface area contributed by atoms with E-state index in [1.807, 2.05) is 13.8 Å². The molecule has 3 heteroatoms. The Bertz CT molecular complexity index is 31.5. The molecule has 0 aromatic heterocycles. The number of hydrogen-bond donors (Lipinski definition) is 1. The highest BCUT2D eigenvalue weighted by Gasteiger charge is 1.57. The van der Waals surface area contributed by atoms with Crippen LogP contribution in [0.25, 0.3) is 0 Å². The third-order valence-corrected chi connectivity index (χ3v) is 0.512. The number of methoxy groups -OCH3 is 2. The summed E-state index contributed by atoms with van der Waals surface area (Å²) in [4.78, 5) is 0. The first-order valence-corrected chi connectivity index (χ1v) is 5.16. The molecule has 0 unspecified atom stereocenters. The summed E-state index contributed by atoms with van der Waals surface area (Å²) in [5.41, 5.74) is 0. The summed E-state index contributed by atoms with van der Waals surface area (Å²) < 4.78 is 8.79. The van der Waals surface area contributed by atoms with Gasteiger partial charge in [0.2, 0.25) is 0 Å². The van der Waals surface area contributed by atoms with Crippen LogP contribution >= 0.6 is 0 Å². The predicted octanol–water partition coefficient (Wildman–Crippen LogP) is 2.72. The van der Waals surface area contributed by atoms with Crippen LogP contribution in [-0.2, 0) is 9.47 Å². The quantitative estimate of drug-likeness (QED) is 0.761. The van der Waals surface area contributed by atoms with Crippen LogP contribution in [-0.4, -0.2) is 39.6 Å². The molecule has 3 nitrogen and oxygen atoms in total. The van der Waals surface area contributed by atoms with Crippen molar-refractivity contribution in [1.29, 1.82) is 0 Å². The second kappa shape index (κ2) is 52.6. The third kappa shape index (κ3) is 398. The Labute approximate surface area is 90.4 Å². The minimum absolute atomic E-state index is 0.319. The maximum Gasteiger partial charge on any atom is 0.0433 e. The van der Waals surface area contributed by atoms with Crippen LogP contribution < -0.4 is 0 Å². The van der Waals surface area contributed by atoms with Gasteiger partial charge in [-0.1, -0.05) is 27.2 Å². The molecule has 0 radical (unpaired) electrons. The zero-order chi connectivity index (χ0) is 12.2. The average molecular weight is 210 g/mol. The summed E-state index contributed by atoms with van der Waals surface area (Å²) >= 11 is 0. The molecule has 0 amide bonds. The highest BCUT2D eigenvalue weighted by Crippen LogP contribution is 1.61. The minimum atomic E-state index is 0.319. The maximum atomic E-state index is 7.88. The van der Waals surface area contributed by atoms with E-state index >= 15 is 0 Å². The average Bonchev–Trinajstić information content (AvgIpc) is 2.20. The fourth-order valence-corrected chi connectivity index (χ4v) is 0. The fourth-order valence-electron chi connectivity index (χ4n) is 0. The van der Waals surface area contributed by atoms with Crippen molar-refractivity contribution in [2.45, 2.75) is 40.5 Å². The Morgan fingerprint density at radius 1 is 0.929 bits per heavy atom. The summed E-state index contributed by atoms with van der Waals surface area (Å²) in [6, 6.07) is 0. The number of aliphatic hydroxyl groups is 1. The second-order valence-electron chi connectivity index (χ2n) is 2.42. The molecule has 14 heavy (non-hydrogen) atoms. The van der Waals surface area contributed by atoms with Gasteiger partial charge in [0.05, 0.1) is 0 Å². The van der Waals surface area contributed by atoms with E-state index in [4.69, 9.17) is 5.11 Å². The van der Waals surface area contributed by atoms with E-state index in [0.29, 0.717) is 6.61 Å². The van der Waals surface area contributed by atoms with E-state index in [1.165, 1.54) is 6.42 Å². The van der Waals surface area contributed by atoms with Gasteiger partial charge in [0, 0.05) is 34.5 Å². The van der Waals surface area contributed by atoms with Gasteiger partial charge in [-0.3, -0.25) is 0 Å². The molecule has 0 aliphatic rings. The van der Waals surface area contributed by atoms with Crippen molar-refractivity contribution >= 4 is 0 Å². The summed E-state index contributed by atoms with van der Waals surface area (Å²) in [5, 5.41) is 7.88. The van der Waals surface area contributed by atoms with Gasteiger partial charge < -0.3 is 14.6 Å². The lowest BCUT2D eigenvalue weighted by molar-refractivity contribution is 0.215. The first kappa shape index (κ1) is 23.6. The smallest absolute Gasteiger partial charge is 0.0433 e. The number of ether oxygens (including phenoxy) is 2. The zero-order valence-electron chi connectivity index (χ0n) is 11.1. The minimum Gasteiger partial charge on any atom is -0.396 e. The van der Waals surface area contributed by atoms with Crippen LogP contribution in [0.5, 0.6) is 0 Å². The van der Waals surface area contributed by atoms with Gasteiger partial charge in [-0.2, -0.15) is 0 Å². The first-order valence-electron chi connectivity index (χ1n) is 5.16. The monoisotopic (exact) mass is 210 g/mol. The van der Waals surface area contributed by atoms with Gasteiger partial charge >= 0.3 is 0 Å². The van der Waals surface area contributed by atoms with Crippen LogP contribution in [0, 0.1) is 0 Å². The first-order chi connectivity index (χ1) is 6.66. The van der Waals surface area contributed by atoms with E-state index in [2.05, 4.69) is 23.3 Å². The topological polar surface area (TPSA) is 38.7 Å². The van der Waals surface area contributed by atoms with Crippen molar-refractivity contribution in [2.24, 2.45) is 0 Å². The Morgan fingerprint density at radius 2 is 1.07 bits per heavy atom. The van der Waals surface area contributed by atoms with E-state index in [-0.39, 0.29) is 0 Å². The highest BCUT2D eigenvalue weighted by atomic mass is 16.5. The van der Waals surface area contributed by atoms with Gasteiger partial charge in [0.1, 0.15) is 0 Å². The molecule has 0 saturated carbocycles. The van der Waals surface area contributed by atoms with Crippen molar-refractivity contribution in [3.05, 3.63) is 0 Å². The van der Waals surface area contributed by atoms with Crippen LogP contribution in [0.15, 0.2) is 0 Å². The zero-order valence-corrected chi connectivity index (χ0v) is 11.1. The fraction of sp³-hybridized carbons (Fsp3) is 1.00. The molecule has 0 aliphatic carbocycles. The molecule has 0 spiro atoms. The third-order valence-electron chi connectivity index (χ3n) is 0.512. The van der Waals surface area contributed by atoms with Crippen LogP contribution in [0.2, 0.25) is 0 Å². The summed E-state index contributed by atoms with van der Waals surface area (Å²) in [7, 11) is 4.93. The van der Waals surface area contributed by atoms with E-state index in [0.717, 1.165) is 13.0 Å². The van der Waals surface area contributed by atoms with Gasteiger partial charge in [0.25, 0.3) is 0 Å². The standard InChI is InChI=1S/2C3H8O.C3H8.C2H6O/c1-3-4-2;1-2-3-4;2*1-3-2/h3H2,1-2H3;4H,2-3H2,1H3;3H2,1-2H3;1-2H3. The number of rotatable bonds is 2. The van der Waals surface area contributed by atoms with Gasteiger partial charge in [-0.05, 0) is 13.3 Å². The molecule has 0 rings (SSSR count). The lowest BCUT2D eigenvalue weighted by Crippen LogP contribution is -1.73. The largest absolute Gasteiger partial charge is 0.396 e. The normalized spacial score (nSPS) is 6.86. The lowest BCUT2D eigenvalue weighted by Gasteiger charge is -1.76. The van der Waals surface area contributed by atoms with Crippen molar-refractivity contribution in [2.75, 3.05) is 34.5 Å². The van der Waals surface area contributed by atoms with Crippen molar-refractivity contribution in [3.63, 3.8) is 0 Å². The molecular formula is C11H30O3. The lowest BCUT2D eigenvalue weighted by atomic mass is 10.5. The Morgan fingerprint density at radius 3 is 1.07 bits per heavy atom. The molecular weight excluding hydrogens is 180 g/mol. The van der Waals surface area contributed by atoms with Crippen molar-refractivity contribution in [1.82, 2.24) is 0 Å². The van der Waals surface area contributed by atoms with Crippen LogP contribution in [0.3, 0.4) is 0 Å². The highest BCUT2D eigenvalue weighted by molar-refractivity contribution is 4.10. The van der Waals surface area contributed by atoms with Gasteiger partial charge in [-0.25, -0.2) is 0 Å². The SMILES string of the molecule is CCC.CCCO.CCOC.COC. The van der Waals surface area contributed by atoms with E-state index in [1.54, 1.807) is 21.3 Å². The Balaban J connectivity index is -0.0000000482. The van der Waals surface area contributed by atoms with Gasteiger partial charge in [0.15, 0.2) is 0 Å². The molecule has 0 aromatic carbocycles. The maximum absolute atomic E-state index is 7.88. The van der Waals surface area contributed by atoms with Crippen LogP contribution in [0.4, 0.5) is 0 Å². The Hall–Kier alpha value is -0.120. The predicted molar refractivity (Wildman–Crippen MR) is 63.8 cm³/mol. The molecule has 0 bridgehead atoms. The number of aliphatic hydroxyl groups excluding tert-OH is 1.